The molecule has 1 saturated carbocycles. The molecule has 1 heterocycles. The van der Waals surface area contributed by atoms with Gasteiger partial charge in [0, 0.05) is 19.0 Å². The molecule has 19 heavy (non-hydrogen) atoms. The van der Waals surface area contributed by atoms with Gasteiger partial charge < -0.3 is 20.9 Å². The minimum Gasteiger partial charge on any atom is -0.393 e. The summed E-state index contributed by atoms with van der Waals surface area (Å²) in [6.07, 6.45) is 5.12. The number of rotatable bonds is 4. The Bertz CT molecular complexity index is 291. The first kappa shape index (κ1) is 16.7. The molecule has 1 aliphatic carbocycles. The maximum atomic E-state index is 11.9. The SMILES string of the molecule is Cl.NC[C@H]1CC[C@@H](C(=O)NCC2CCCCC2O)O1. The van der Waals surface area contributed by atoms with Gasteiger partial charge in [0.15, 0.2) is 0 Å². The summed E-state index contributed by atoms with van der Waals surface area (Å²) >= 11 is 0. The highest BCUT2D eigenvalue weighted by Gasteiger charge is 2.31. The number of hydrogen-bond acceptors (Lipinski definition) is 4. The fourth-order valence-corrected chi connectivity index (χ4v) is 2.84. The van der Waals surface area contributed by atoms with Gasteiger partial charge in [0.25, 0.3) is 0 Å². The minimum absolute atomic E-state index is 0. The Labute approximate surface area is 120 Å². The van der Waals surface area contributed by atoms with Crippen molar-refractivity contribution in [2.24, 2.45) is 11.7 Å². The average Bonchev–Trinajstić information content (AvgIpc) is 2.86. The summed E-state index contributed by atoms with van der Waals surface area (Å²) in [5.41, 5.74) is 5.52. The van der Waals surface area contributed by atoms with Crippen LogP contribution in [0.15, 0.2) is 0 Å². The largest absolute Gasteiger partial charge is 0.393 e. The number of nitrogens with one attached hydrogen (secondary N) is 1. The van der Waals surface area contributed by atoms with Crippen molar-refractivity contribution in [1.82, 2.24) is 5.32 Å². The van der Waals surface area contributed by atoms with Crippen molar-refractivity contribution in [2.45, 2.75) is 56.8 Å². The Morgan fingerprint density at radius 2 is 2.00 bits per heavy atom. The highest BCUT2D eigenvalue weighted by Crippen LogP contribution is 2.24. The zero-order valence-electron chi connectivity index (χ0n) is 11.2. The van der Waals surface area contributed by atoms with Gasteiger partial charge in [-0.15, -0.1) is 12.4 Å². The van der Waals surface area contributed by atoms with E-state index in [1.54, 1.807) is 0 Å². The lowest BCUT2D eigenvalue weighted by Crippen LogP contribution is -2.41. The second-order valence-electron chi connectivity index (χ2n) is 5.42. The number of ether oxygens (including phenoxy) is 1. The lowest BCUT2D eigenvalue weighted by atomic mass is 9.86. The maximum absolute atomic E-state index is 11.9. The molecule has 2 unspecified atom stereocenters. The Balaban J connectivity index is 0.00000180. The van der Waals surface area contributed by atoms with Crippen molar-refractivity contribution < 1.29 is 14.6 Å². The summed E-state index contributed by atoms with van der Waals surface area (Å²) in [5.74, 6) is 0.151. The average molecular weight is 293 g/mol. The van der Waals surface area contributed by atoms with Gasteiger partial charge in [0.05, 0.1) is 12.2 Å². The van der Waals surface area contributed by atoms with Gasteiger partial charge >= 0.3 is 0 Å². The van der Waals surface area contributed by atoms with E-state index in [0.29, 0.717) is 13.1 Å². The van der Waals surface area contributed by atoms with E-state index in [4.69, 9.17) is 10.5 Å². The molecule has 0 bridgehead atoms. The van der Waals surface area contributed by atoms with E-state index in [1.807, 2.05) is 0 Å². The molecule has 2 rings (SSSR count). The van der Waals surface area contributed by atoms with Crippen LogP contribution in [0.5, 0.6) is 0 Å². The van der Waals surface area contributed by atoms with Crippen molar-refractivity contribution in [2.75, 3.05) is 13.1 Å². The van der Waals surface area contributed by atoms with Crippen LogP contribution in [0.1, 0.15) is 38.5 Å². The van der Waals surface area contributed by atoms with Crippen LogP contribution in [0.2, 0.25) is 0 Å². The van der Waals surface area contributed by atoms with Gasteiger partial charge in [-0.1, -0.05) is 12.8 Å². The third-order valence-corrected chi connectivity index (χ3v) is 4.07. The number of aliphatic hydroxyl groups is 1. The Morgan fingerprint density at radius 1 is 1.26 bits per heavy atom. The topological polar surface area (TPSA) is 84.6 Å². The van der Waals surface area contributed by atoms with E-state index in [0.717, 1.165) is 38.5 Å². The first-order valence-corrected chi connectivity index (χ1v) is 7.02. The van der Waals surface area contributed by atoms with Crippen LogP contribution < -0.4 is 11.1 Å². The second kappa shape index (κ2) is 8.04. The molecule has 0 aromatic rings. The third-order valence-electron chi connectivity index (χ3n) is 4.07. The van der Waals surface area contributed by atoms with E-state index in [9.17, 15) is 9.90 Å². The van der Waals surface area contributed by atoms with Crippen molar-refractivity contribution >= 4 is 18.3 Å². The molecule has 4 N–H and O–H groups in total. The molecule has 1 amide bonds. The number of amides is 1. The monoisotopic (exact) mass is 292 g/mol. The van der Waals surface area contributed by atoms with E-state index < -0.39 is 0 Å². The molecule has 112 valence electrons. The zero-order chi connectivity index (χ0) is 13.0. The molecule has 4 atom stereocenters. The smallest absolute Gasteiger partial charge is 0.249 e. The van der Waals surface area contributed by atoms with Crippen molar-refractivity contribution in [3.05, 3.63) is 0 Å². The number of aliphatic hydroxyl groups excluding tert-OH is 1. The summed E-state index contributed by atoms with van der Waals surface area (Å²) in [7, 11) is 0. The van der Waals surface area contributed by atoms with E-state index >= 15 is 0 Å². The van der Waals surface area contributed by atoms with Crippen LogP contribution >= 0.6 is 12.4 Å². The molecule has 2 fully saturated rings. The number of hydrogen-bond donors (Lipinski definition) is 3. The summed E-state index contributed by atoms with van der Waals surface area (Å²) in [6, 6.07) is 0. The number of carbonyl (C=O) groups excluding carboxylic acids is 1. The Hall–Kier alpha value is -0.360. The van der Waals surface area contributed by atoms with Crippen molar-refractivity contribution in [3.63, 3.8) is 0 Å². The van der Waals surface area contributed by atoms with Crippen molar-refractivity contribution in [3.8, 4) is 0 Å². The van der Waals surface area contributed by atoms with Gasteiger partial charge in [-0.25, -0.2) is 0 Å². The molecule has 0 aromatic carbocycles. The number of carbonyl (C=O) groups is 1. The molecular formula is C13H25ClN2O3. The van der Waals surface area contributed by atoms with Crippen LogP contribution in [0.3, 0.4) is 0 Å². The predicted octanol–water partition coefficient (Wildman–Crippen LogP) is 0.582. The van der Waals surface area contributed by atoms with Gasteiger partial charge in [-0.3, -0.25) is 4.79 Å². The summed E-state index contributed by atoms with van der Waals surface area (Å²) < 4.78 is 5.54. The van der Waals surface area contributed by atoms with E-state index in [1.165, 1.54) is 0 Å². The fraction of sp³-hybridized carbons (Fsp3) is 0.923. The Morgan fingerprint density at radius 3 is 2.63 bits per heavy atom. The first-order valence-electron chi connectivity index (χ1n) is 7.02. The number of nitrogens with two attached hydrogens (primary N) is 1. The van der Waals surface area contributed by atoms with Gasteiger partial charge in [-0.05, 0) is 25.7 Å². The summed E-state index contributed by atoms with van der Waals surface area (Å²) in [6.45, 7) is 1.04. The standard InChI is InChI=1S/C13H24N2O3.ClH/c14-7-10-5-6-12(18-10)13(17)15-8-9-3-1-2-4-11(9)16;/h9-12,16H,1-8,14H2,(H,15,17);1H/t9?,10-,11?,12+;/m1./s1. The highest BCUT2D eigenvalue weighted by molar-refractivity contribution is 5.85. The molecule has 5 nitrogen and oxygen atoms in total. The lowest BCUT2D eigenvalue weighted by molar-refractivity contribution is -0.132. The van der Waals surface area contributed by atoms with Crippen LogP contribution in [0, 0.1) is 5.92 Å². The molecule has 0 spiro atoms. The second-order valence-corrected chi connectivity index (χ2v) is 5.42. The predicted molar refractivity (Wildman–Crippen MR) is 75.2 cm³/mol. The van der Waals surface area contributed by atoms with Crippen LogP contribution in [-0.2, 0) is 9.53 Å². The lowest BCUT2D eigenvalue weighted by Gasteiger charge is -2.28. The van der Waals surface area contributed by atoms with Crippen LogP contribution in [-0.4, -0.2) is 42.4 Å². The van der Waals surface area contributed by atoms with Gasteiger partial charge in [0.2, 0.25) is 5.91 Å². The third kappa shape index (κ3) is 4.60. The Kier molecular flexibility index (Phi) is 7.07. The zero-order valence-corrected chi connectivity index (χ0v) is 12.0. The molecule has 2 aliphatic rings. The fourth-order valence-electron chi connectivity index (χ4n) is 2.84. The number of halogens is 1. The quantitative estimate of drug-likeness (QED) is 0.708. The molecule has 0 radical (unpaired) electrons. The van der Waals surface area contributed by atoms with E-state index in [2.05, 4.69) is 5.32 Å². The normalized spacial score (nSPS) is 34.6. The molecule has 1 aliphatic heterocycles. The van der Waals surface area contributed by atoms with Gasteiger partial charge in [-0.2, -0.15) is 0 Å². The highest BCUT2D eigenvalue weighted by atomic mass is 35.5. The summed E-state index contributed by atoms with van der Waals surface area (Å²) in [5, 5.41) is 12.7. The molecule has 6 heteroatoms. The maximum Gasteiger partial charge on any atom is 0.249 e. The molecular weight excluding hydrogens is 268 g/mol. The molecule has 1 saturated heterocycles. The van der Waals surface area contributed by atoms with Crippen LogP contribution in [0.25, 0.3) is 0 Å². The molecule has 0 aromatic heterocycles. The van der Waals surface area contributed by atoms with Gasteiger partial charge in [0.1, 0.15) is 6.10 Å². The first-order chi connectivity index (χ1) is 8.70. The summed E-state index contributed by atoms with van der Waals surface area (Å²) in [4.78, 5) is 11.9. The minimum atomic E-state index is -0.348. The van der Waals surface area contributed by atoms with Crippen molar-refractivity contribution in [1.29, 1.82) is 0 Å². The van der Waals surface area contributed by atoms with E-state index in [-0.39, 0.29) is 42.5 Å². The van der Waals surface area contributed by atoms with Crippen LogP contribution in [0.4, 0.5) is 0 Å².